The number of nitrogens with zero attached hydrogens (tertiary/aromatic N) is 3. The number of rotatable bonds is 3. The van der Waals surface area contributed by atoms with Crippen LogP contribution in [0.4, 0.5) is 5.82 Å². The molecule has 1 aromatic heterocycles. The van der Waals surface area contributed by atoms with E-state index in [1.54, 1.807) is 0 Å². The van der Waals surface area contributed by atoms with Crippen LogP contribution < -0.4 is 10.2 Å². The van der Waals surface area contributed by atoms with E-state index in [9.17, 15) is 0 Å². The van der Waals surface area contributed by atoms with E-state index >= 15 is 0 Å². The van der Waals surface area contributed by atoms with Crippen molar-refractivity contribution in [2.24, 2.45) is 0 Å². The molecule has 7 heteroatoms. The van der Waals surface area contributed by atoms with Crippen LogP contribution in [0.15, 0.2) is 4.90 Å². The molecule has 0 aromatic carbocycles. The Morgan fingerprint density at radius 1 is 1.40 bits per heavy atom. The van der Waals surface area contributed by atoms with Gasteiger partial charge in [0.1, 0.15) is 5.82 Å². The minimum atomic E-state index is 0.350. The first kappa shape index (κ1) is 14.4. The normalized spacial score (nSPS) is 25.9. The van der Waals surface area contributed by atoms with E-state index < -0.39 is 0 Å². The van der Waals surface area contributed by atoms with E-state index in [1.165, 1.54) is 4.90 Å². The second kappa shape index (κ2) is 6.05. The Labute approximate surface area is 128 Å². The number of ether oxygens (including phenoxy) is 1. The number of nitrogens with one attached hydrogen (secondary N) is 1. The average molecular weight is 315 g/mol. The fraction of sp³-hybridized carbons (Fsp3) is 0.692. The molecule has 0 radical (unpaired) electrons. The summed E-state index contributed by atoms with van der Waals surface area (Å²) in [6.07, 6.45) is 0. The smallest absolute Gasteiger partial charge is 0.224 e. The van der Waals surface area contributed by atoms with Crippen molar-refractivity contribution in [3.8, 4) is 0 Å². The first-order valence-corrected chi connectivity index (χ1v) is 8.18. The van der Waals surface area contributed by atoms with Gasteiger partial charge in [-0.05, 0) is 18.6 Å². The second-order valence-corrected chi connectivity index (χ2v) is 6.72. The maximum atomic E-state index is 6.13. The molecule has 1 saturated heterocycles. The number of thioether (sulfide) groups is 1. The number of aromatic nitrogens is 2. The molecule has 3 heterocycles. The van der Waals surface area contributed by atoms with Crippen LogP contribution in [0.1, 0.15) is 18.5 Å². The van der Waals surface area contributed by atoms with Crippen molar-refractivity contribution >= 4 is 29.2 Å². The van der Waals surface area contributed by atoms with E-state index in [2.05, 4.69) is 27.1 Å². The molecule has 1 fully saturated rings. The molecule has 3 rings (SSSR count). The highest BCUT2D eigenvalue weighted by molar-refractivity contribution is 8.00. The van der Waals surface area contributed by atoms with Crippen LogP contribution >= 0.6 is 23.4 Å². The number of anilines is 1. The van der Waals surface area contributed by atoms with Crippen LogP contribution in [0.2, 0.25) is 5.28 Å². The third-order valence-electron chi connectivity index (χ3n) is 3.82. The van der Waals surface area contributed by atoms with Crippen molar-refractivity contribution in [3.05, 3.63) is 11.0 Å². The number of hydrogen-bond donors (Lipinski definition) is 1. The Bertz CT molecular complexity index is 496. The Hall–Kier alpha value is -0.560. The Morgan fingerprint density at radius 3 is 2.85 bits per heavy atom. The van der Waals surface area contributed by atoms with E-state index in [1.807, 2.05) is 18.8 Å². The molecule has 5 nitrogen and oxygen atoms in total. The summed E-state index contributed by atoms with van der Waals surface area (Å²) >= 11 is 8.00. The zero-order chi connectivity index (χ0) is 14.1. The molecule has 2 unspecified atom stereocenters. The molecule has 2 aliphatic heterocycles. The van der Waals surface area contributed by atoms with Crippen LogP contribution in [0.3, 0.4) is 0 Å². The summed E-state index contributed by atoms with van der Waals surface area (Å²) in [6, 6.07) is 0. The predicted molar refractivity (Wildman–Crippen MR) is 82.1 cm³/mol. The van der Waals surface area contributed by atoms with Gasteiger partial charge in [0, 0.05) is 30.8 Å². The molecular weight excluding hydrogens is 296 g/mol. The van der Waals surface area contributed by atoms with Gasteiger partial charge in [0.25, 0.3) is 0 Å². The van der Waals surface area contributed by atoms with Crippen LogP contribution in [-0.2, 0) is 4.74 Å². The van der Waals surface area contributed by atoms with Crippen molar-refractivity contribution in [1.29, 1.82) is 0 Å². The molecule has 0 saturated carbocycles. The topological polar surface area (TPSA) is 50.3 Å². The quantitative estimate of drug-likeness (QED) is 0.858. The third kappa shape index (κ3) is 2.62. The average Bonchev–Trinajstić information content (AvgIpc) is 2.77. The second-order valence-electron chi connectivity index (χ2n) is 5.13. The lowest BCUT2D eigenvalue weighted by atomic mass is 10.0. The lowest BCUT2D eigenvalue weighted by Crippen LogP contribution is -2.37. The van der Waals surface area contributed by atoms with Gasteiger partial charge in [-0.25, -0.2) is 4.98 Å². The van der Waals surface area contributed by atoms with E-state index in [-0.39, 0.29) is 0 Å². The van der Waals surface area contributed by atoms with Crippen LogP contribution in [0, 0.1) is 0 Å². The highest BCUT2D eigenvalue weighted by atomic mass is 35.5. The Balaban J connectivity index is 1.95. The minimum Gasteiger partial charge on any atom is -0.378 e. The van der Waals surface area contributed by atoms with E-state index in [4.69, 9.17) is 16.3 Å². The summed E-state index contributed by atoms with van der Waals surface area (Å²) in [5.41, 5.74) is 1.09. The van der Waals surface area contributed by atoms with Crippen molar-refractivity contribution in [2.75, 3.05) is 44.8 Å². The highest BCUT2D eigenvalue weighted by Gasteiger charge is 2.35. The van der Waals surface area contributed by atoms with Gasteiger partial charge in [-0.2, -0.15) is 4.98 Å². The van der Waals surface area contributed by atoms with Gasteiger partial charge >= 0.3 is 0 Å². The van der Waals surface area contributed by atoms with Crippen LogP contribution in [0.25, 0.3) is 0 Å². The van der Waals surface area contributed by atoms with Gasteiger partial charge < -0.3 is 15.0 Å². The summed E-state index contributed by atoms with van der Waals surface area (Å²) in [6.45, 7) is 6.40. The number of morpholine rings is 1. The van der Waals surface area contributed by atoms with Crippen LogP contribution in [0.5, 0.6) is 0 Å². The summed E-state index contributed by atoms with van der Waals surface area (Å²) in [5, 5.41) is 4.09. The molecule has 2 atom stereocenters. The molecule has 0 bridgehead atoms. The Morgan fingerprint density at radius 2 is 2.15 bits per heavy atom. The molecule has 20 heavy (non-hydrogen) atoms. The monoisotopic (exact) mass is 314 g/mol. The molecular formula is C13H19ClN4OS. The zero-order valence-electron chi connectivity index (χ0n) is 11.7. The van der Waals surface area contributed by atoms with Gasteiger partial charge in [-0.1, -0.05) is 6.92 Å². The molecule has 110 valence electrons. The molecule has 1 aromatic rings. The predicted octanol–water partition coefficient (Wildman–Crippen LogP) is 1.76. The van der Waals surface area contributed by atoms with E-state index in [0.29, 0.717) is 16.5 Å². The van der Waals surface area contributed by atoms with E-state index in [0.717, 1.165) is 44.4 Å². The number of hydrogen-bond acceptors (Lipinski definition) is 6. The minimum absolute atomic E-state index is 0.350. The standard InChI is InChI=1S/C13H19ClN4OS/c1-8-9(7-15-2)20-11-10(8)16-13(14)17-12(11)18-3-5-19-6-4-18/h8-9,15H,3-7H2,1-2H3. The lowest BCUT2D eigenvalue weighted by Gasteiger charge is -2.29. The van der Waals surface area contributed by atoms with Gasteiger partial charge in [-0.3, -0.25) is 0 Å². The van der Waals surface area contributed by atoms with Gasteiger partial charge in [0.05, 0.1) is 23.8 Å². The maximum Gasteiger partial charge on any atom is 0.224 e. The van der Waals surface area contributed by atoms with Gasteiger partial charge in [0.2, 0.25) is 5.28 Å². The van der Waals surface area contributed by atoms with Gasteiger partial charge in [-0.15, -0.1) is 11.8 Å². The SMILES string of the molecule is CNCC1Sc2c(nc(Cl)nc2N2CCOCC2)C1C. The number of halogens is 1. The van der Waals surface area contributed by atoms with Crippen molar-refractivity contribution in [2.45, 2.75) is 23.0 Å². The number of fused-ring (bicyclic) bond motifs is 1. The fourth-order valence-corrected chi connectivity index (χ4v) is 4.38. The molecule has 0 aliphatic carbocycles. The molecule has 1 N–H and O–H groups in total. The zero-order valence-corrected chi connectivity index (χ0v) is 13.3. The van der Waals surface area contributed by atoms with Crippen molar-refractivity contribution in [1.82, 2.24) is 15.3 Å². The summed E-state index contributed by atoms with van der Waals surface area (Å²) < 4.78 is 5.42. The fourth-order valence-electron chi connectivity index (χ4n) is 2.69. The molecule has 0 spiro atoms. The Kier molecular flexibility index (Phi) is 4.35. The molecule has 2 aliphatic rings. The largest absolute Gasteiger partial charge is 0.378 e. The van der Waals surface area contributed by atoms with Crippen molar-refractivity contribution in [3.63, 3.8) is 0 Å². The van der Waals surface area contributed by atoms with Gasteiger partial charge in [0.15, 0.2) is 0 Å². The highest BCUT2D eigenvalue weighted by Crippen LogP contribution is 2.48. The summed E-state index contributed by atoms with van der Waals surface area (Å²) in [4.78, 5) is 12.4. The first-order chi connectivity index (χ1) is 9.70. The summed E-state index contributed by atoms with van der Waals surface area (Å²) in [5.74, 6) is 1.38. The lowest BCUT2D eigenvalue weighted by molar-refractivity contribution is 0.122. The maximum absolute atomic E-state index is 6.13. The third-order valence-corrected chi connectivity index (χ3v) is 5.49. The first-order valence-electron chi connectivity index (χ1n) is 6.92. The summed E-state index contributed by atoms with van der Waals surface area (Å²) in [7, 11) is 1.98. The molecule has 0 amide bonds. The van der Waals surface area contributed by atoms with Crippen LogP contribution in [-0.4, -0.2) is 55.1 Å². The van der Waals surface area contributed by atoms with Crippen molar-refractivity contribution < 1.29 is 4.74 Å².